The molecular weight excluding hydrogens is 694 g/mol. The average Bonchev–Trinajstić information content (AvgIpc) is 3.05. The summed E-state index contributed by atoms with van der Waals surface area (Å²) in [5.74, 6) is -1.08. The third-order valence-electron chi connectivity index (χ3n) is 10.4. The first-order valence-corrected chi connectivity index (χ1v) is 22.0. The van der Waals surface area contributed by atoms with Gasteiger partial charge in [0.05, 0.1) is 12.1 Å². The molecule has 1 fully saturated rings. The Balaban J connectivity index is 2.09. The van der Waals surface area contributed by atoms with Gasteiger partial charge in [0.1, 0.15) is 17.4 Å². The molecule has 0 spiro atoms. The molecular formula is C41H62ClN3O6Si. The molecule has 1 saturated heterocycles. The normalized spacial score (nSPS) is 17.1. The number of halogens is 1. The van der Waals surface area contributed by atoms with Gasteiger partial charge in [-0.25, -0.2) is 4.79 Å². The Labute approximate surface area is 318 Å². The van der Waals surface area contributed by atoms with E-state index in [1.807, 2.05) is 83.1 Å². The van der Waals surface area contributed by atoms with Crippen LogP contribution in [0.5, 0.6) is 0 Å². The lowest BCUT2D eigenvalue weighted by Crippen LogP contribution is -2.56. The minimum absolute atomic E-state index is 0.139. The van der Waals surface area contributed by atoms with Crippen molar-refractivity contribution in [2.24, 2.45) is 11.8 Å². The number of hydrogen-bond acceptors (Lipinski definition) is 6. The van der Waals surface area contributed by atoms with Crippen LogP contribution in [0.1, 0.15) is 92.2 Å². The highest BCUT2D eigenvalue weighted by Crippen LogP contribution is 2.39. The van der Waals surface area contributed by atoms with E-state index in [9.17, 15) is 19.2 Å². The van der Waals surface area contributed by atoms with E-state index in [0.29, 0.717) is 50.2 Å². The van der Waals surface area contributed by atoms with E-state index in [1.165, 1.54) is 0 Å². The van der Waals surface area contributed by atoms with Crippen molar-refractivity contribution >= 4 is 43.6 Å². The lowest BCUT2D eigenvalue weighted by atomic mass is 9.87. The number of nitrogens with zero attached hydrogens (tertiary/aromatic N) is 1. The maximum absolute atomic E-state index is 14.7. The van der Waals surface area contributed by atoms with Gasteiger partial charge in [-0.1, -0.05) is 95.1 Å². The number of likely N-dealkylation sites (tertiary alicyclic amines) is 1. The molecule has 2 aromatic rings. The number of carbonyl (C=O) groups excluding carboxylic acids is 4. The summed E-state index contributed by atoms with van der Waals surface area (Å²) in [6.45, 7) is 21.0. The van der Waals surface area contributed by atoms with Crippen LogP contribution < -0.4 is 10.6 Å². The van der Waals surface area contributed by atoms with Gasteiger partial charge in [0.25, 0.3) is 0 Å². The Kier molecular flexibility index (Phi) is 15.5. The molecule has 5 atom stereocenters. The molecule has 2 N–H and O–H groups in total. The summed E-state index contributed by atoms with van der Waals surface area (Å²) in [6, 6.07) is 16.1. The Bertz CT molecular complexity index is 1500. The molecule has 288 valence electrons. The number of carbonyl (C=O) groups is 4. The minimum atomic E-state index is -2.48. The molecule has 1 heterocycles. The second-order valence-electron chi connectivity index (χ2n) is 16.9. The van der Waals surface area contributed by atoms with Gasteiger partial charge >= 0.3 is 6.09 Å². The largest absolute Gasteiger partial charge is 0.444 e. The molecule has 9 nitrogen and oxygen atoms in total. The number of Topliss-reactive ketones (excluding diaryl/α,β-unsaturated/α-hetero) is 1. The van der Waals surface area contributed by atoms with E-state index in [4.69, 9.17) is 20.8 Å². The number of piperidine rings is 1. The molecule has 3 amide bonds. The average molecular weight is 757 g/mol. The summed E-state index contributed by atoms with van der Waals surface area (Å²) < 4.78 is 12.9. The maximum Gasteiger partial charge on any atom is 0.407 e. The number of benzene rings is 2. The van der Waals surface area contributed by atoms with E-state index in [2.05, 4.69) is 44.5 Å². The number of ether oxygens (including phenoxy) is 1. The van der Waals surface area contributed by atoms with E-state index in [-0.39, 0.29) is 35.0 Å². The third kappa shape index (κ3) is 13.3. The van der Waals surface area contributed by atoms with Crippen LogP contribution in [0.4, 0.5) is 4.79 Å². The van der Waals surface area contributed by atoms with Crippen LogP contribution in [0.15, 0.2) is 54.6 Å². The zero-order valence-electron chi connectivity index (χ0n) is 33.0. The van der Waals surface area contributed by atoms with Crippen LogP contribution in [0.25, 0.3) is 0 Å². The van der Waals surface area contributed by atoms with Gasteiger partial charge in [0, 0.05) is 36.9 Å². The molecule has 0 radical (unpaired) electrons. The van der Waals surface area contributed by atoms with Gasteiger partial charge in [0.2, 0.25) is 11.8 Å². The van der Waals surface area contributed by atoms with Crippen molar-refractivity contribution in [2.75, 3.05) is 13.1 Å². The molecule has 52 heavy (non-hydrogen) atoms. The van der Waals surface area contributed by atoms with E-state index in [1.54, 1.807) is 11.0 Å². The molecule has 3 rings (SSSR count). The third-order valence-corrected chi connectivity index (χ3v) is 15.1. The topological polar surface area (TPSA) is 114 Å². The molecule has 0 bridgehead atoms. The highest BCUT2D eigenvalue weighted by molar-refractivity contribution is 6.74. The number of nitrogens with one attached hydrogen (secondary N) is 2. The second-order valence-corrected chi connectivity index (χ2v) is 22.1. The van der Waals surface area contributed by atoms with Gasteiger partial charge in [-0.15, -0.1) is 0 Å². The summed E-state index contributed by atoms with van der Waals surface area (Å²) >= 11 is 6.43. The SMILES string of the molecule is CC[C@H](C)[C@H](NC(=O)C(Cc1cccc(Cl)c1)CC(O[Si](C)(C)C(C)(C)C)C(Cc1ccccc1)NC(=O)OC(C)(C)C)C(=O)N1CCC(=O)CC1. The summed E-state index contributed by atoms with van der Waals surface area (Å²) in [7, 11) is -2.48. The predicted molar refractivity (Wildman–Crippen MR) is 211 cm³/mol. The lowest BCUT2D eigenvalue weighted by molar-refractivity contribution is -0.141. The van der Waals surface area contributed by atoms with E-state index in [0.717, 1.165) is 11.1 Å². The summed E-state index contributed by atoms with van der Waals surface area (Å²) in [4.78, 5) is 55.7. The van der Waals surface area contributed by atoms with Crippen molar-refractivity contribution in [3.63, 3.8) is 0 Å². The highest BCUT2D eigenvalue weighted by Gasteiger charge is 2.43. The minimum Gasteiger partial charge on any atom is -0.444 e. The van der Waals surface area contributed by atoms with Gasteiger partial charge in [-0.3, -0.25) is 14.4 Å². The fourth-order valence-corrected chi connectivity index (χ4v) is 7.68. The number of rotatable bonds is 15. The molecule has 0 aliphatic carbocycles. The standard InChI is InChI=1S/C41H62ClN3O6Si/c1-11-28(2)36(38(48)45-22-20-33(46)21-23-45)44-37(47)31(24-30-18-15-19-32(42)25-30)27-35(51-52(9,10)41(6,7)8)34(26-29-16-13-12-14-17-29)43-39(49)50-40(3,4)5/h12-19,25,28,31,34-36H,11,20-24,26-27H2,1-10H3,(H,43,49)(H,44,47)/t28-,31?,34?,35?,36-/m0/s1. The molecule has 2 aromatic carbocycles. The van der Waals surface area contributed by atoms with E-state index >= 15 is 0 Å². The first-order valence-electron chi connectivity index (χ1n) is 18.8. The zero-order chi connectivity index (χ0) is 38.9. The van der Waals surface area contributed by atoms with Gasteiger partial charge < -0.3 is 24.7 Å². The molecule has 3 unspecified atom stereocenters. The van der Waals surface area contributed by atoms with Crippen molar-refractivity contribution in [2.45, 2.75) is 136 Å². The fraction of sp³-hybridized carbons (Fsp3) is 0.610. The predicted octanol–water partition coefficient (Wildman–Crippen LogP) is 8.14. The summed E-state index contributed by atoms with van der Waals surface area (Å²) in [5, 5.41) is 6.70. The number of amides is 3. The molecule has 0 saturated carbocycles. The van der Waals surface area contributed by atoms with Crippen LogP contribution in [0.2, 0.25) is 23.2 Å². The van der Waals surface area contributed by atoms with Crippen molar-refractivity contribution in [1.29, 1.82) is 0 Å². The van der Waals surface area contributed by atoms with E-state index < -0.39 is 44.1 Å². The first-order chi connectivity index (χ1) is 24.2. The van der Waals surface area contributed by atoms with Crippen LogP contribution >= 0.6 is 11.6 Å². The monoisotopic (exact) mass is 755 g/mol. The fourth-order valence-electron chi connectivity index (χ4n) is 6.09. The van der Waals surface area contributed by atoms with Crippen LogP contribution in [0, 0.1) is 11.8 Å². The zero-order valence-corrected chi connectivity index (χ0v) is 34.8. The number of alkyl carbamates (subject to hydrolysis) is 1. The maximum atomic E-state index is 14.7. The summed E-state index contributed by atoms with van der Waals surface area (Å²) in [5.41, 5.74) is 1.16. The van der Waals surface area contributed by atoms with Gasteiger partial charge in [0.15, 0.2) is 8.32 Å². The van der Waals surface area contributed by atoms with Crippen LogP contribution in [-0.2, 0) is 36.4 Å². The molecule has 11 heteroatoms. The smallest absolute Gasteiger partial charge is 0.407 e. The van der Waals surface area contributed by atoms with Crippen LogP contribution in [-0.4, -0.2) is 73.8 Å². The summed E-state index contributed by atoms with van der Waals surface area (Å²) in [6.07, 6.45) is 1.23. The molecule has 1 aliphatic heterocycles. The van der Waals surface area contributed by atoms with Crippen molar-refractivity contribution < 1.29 is 28.3 Å². The molecule has 0 aromatic heterocycles. The Morgan fingerprint density at radius 3 is 2.08 bits per heavy atom. The van der Waals surface area contributed by atoms with Gasteiger partial charge in [-0.2, -0.15) is 0 Å². The van der Waals surface area contributed by atoms with Crippen molar-refractivity contribution in [1.82, 2.24) is 15.5 Å². The highest BCUT2D eigenvalue weighted by atomic mass is 35.5. The second kappa shape index (κ2) is 18.7. The van der Waals surface area contributed by atoms with Gasteiger partial charge in [-0.05, 0) is 87.3 Å². The quantitative estimate of drug-likeness (QED) is 0.178. The Morgan fingerprint density at radius 2 is 1.52 bits per heavy atom. The van der Waals surface area contributed by atoms with Crippen molar-refractivity contribution in [3.05, 3.63) is 70.7 Å². The van der Waals surface area contributed by atoms with Crippen molar-refractivity contribution in [3.8, 4) is 0 Å². The number of ketones is 1. The molecule has 1 aliphatic rings. The number of hydrogen-bond donors (Lipinski definition) is 2. The Morgan fingerprint density at radius 1 is 0.904 bits per heavy atom. The first kappa shape index (κ1) is 43.2. The lowest BCUT2D eigenvalue weighted by Gasteiger charge is -2.42. The Hall–Kier alpha value is -3.21. The van der Waals surface area contributed by atoms with Crippen LogP contribution in [0.3, 0.4) is 0 Å².